The maximum Gasteiger partial charge on any atom is 0.313 e. The number of aliphatic carboxylic acids is 1. The second-order valence-corrected chi connectivity index (χ2v) is 7.06. The number of hydrogen-bond donors (Lipinski definition) is 1. The van der Waals surface area contributed by atoms with Gasteiger partial charge in [-0.1, -0.05) is 25.6 Å². The Morgan fingerprint density at radius 3 is 2.74 bits per heavy atom. The maximum absolute atomic E-state index is 10.7. The SMILES string of the molecule is CC(C)c1nnc(SCC(=O)O)n1C1CCSCC1. The number of aromatic nitrogens is 3. The summed E-state index contributed by atoms with van der Waals surface area (Å²) in [6.45, 7) is 4.20. The van der Waals surface area contributed by atoms with Crippen LogP contribution < -0.4 is 0 Å². The van der Waals surface area contributed by atoms with E-state index in [1.807, 2.05) is 11.8 Å². The molecule has 0 radical (unpaired) electrons. The van der Waals surface area contributed by atoms with E-state index < -0.39 is 5.97 Å². The predicted molar refractivity (Wildman–Crippen MR) is 78.1 cm³/mol. The zero-order valence-electron chi connectivity index (χ0n) is 11.2. The molecular weight excluding hydrogens is 282 g/mol. The van der Waals surface area contributed by atoms with Crippen LogP contribution in [0.5, 0.6) is 0 Å². The minimum Gasteiger partial charge on any atom is -0.481 e. The summed E-state index contributed by atoms with van der Waals surface area (Å²) in [4.78, 5) is 10.7. The average molecular weight is 301 g/mol. The van der Waals surface area contributed by atoms with Gasteiger partial charge in [-0.3, -0.25) is 4.79 Å². The van der Waals surface area contributed by atoms with E-state index in [0.717, 1.165) is 35.3 Å². The van der Waals surface area contributed by atoms with E-state index in [0.29, 0.717) is 12.0 Å². The number of nitrogens with zero attached hydrogens (tertiary/aromatic N) is 3. The van der Waals surface area contributed by atoms with E-state index in [1.165, 1.54) is 11.8 Å². The highest BCUT2D eigenvalue weighted by molar-refractivity contribution is 7.99. The normalized spacial score (nSPS) is 17.0. The zero-order valence-corrected chi connectivity index (χ0v) is 12.8. The van der Waals surface area contributed by atoms with Gasteiger partial charge in [0, 0.05) is 12.0 Å². The van der Waals surface area contributed by atoms with Crippen LogP contribution in [0.1, 0.15) is 44.5 Å². The fourth-order valence-electron chi connectivity index (χ4n) is 2.19. The van der Waals surface area contributed by atoms with Gasteiger partial charge in [0.1, 0.15) is 5.82 Å². The van der Waals surface area contributed by atoms with Crippen molar-refractivity contribution in [2.75, 3.05) is 17.3 Å². The molecule has 1 N–H and O–H groups in total. The molecule has 2 rings (SSSR count). The van der Waals surface area contributed by atoms with E-state index in [9.17, 15) is 4.79 Å². The molecule has 106 valence electrons. The van der Waals surface area contributed by atoms with Gasteiger partial charge >= 0.3 is 5.97 Å². The first-order chi connectivity index (χ1) is 9.09. The quantitative estimate of drug-likeness (QED) is 0.843. The first-order valence-corrected chi connectivity index (χ1v) is 8.60. The van der Waals surface area contributed by atoms with Crippen LogP contribution in [0.25, 0.3) is 0 Å². The molecule has 0 saturated carbocycles. The van der Waals surface area contributed by atoms with Crippen molar-refractivity contribution < 1.29 is 9.90 Å². The Hall–Kier alpha value is -0.690. The Morgan fingerprint density at radius 2 is 2.16 bits per heavy atom. The van der Waals surface area contributed by atoms with Gasteiger partial charge in [0.05, 0.1) is 5.75 Å². The van der Waals surface area contributed by atoms with Crippen LogP contribution in [0.2, 0.25) is 0 Å². The molecule has 19 heavy (non-hydrogen) atoms. The van der Waals surface area contributed by atoms with Crippen LogP contribution >= 0.6 is 23.5 Å². The predicted octanol–water partition coefficient (Wildman–Crippen LogP) is 2.65. The number of carboxylic acid groups (broad SMARTS) is 1. The Bertz CT molecular complexity index is 442. The third-order valence-corrected chi connectivity index (χ3v) is 5.06. The van der Waals surface area contributed by atoms with Gasteiger partial charge in [0.2, 0.25) is 0 Å². The second-order valence-electron chi connectivity index (χ2n) is 4.89. The van der Waals surface area contributed by atoms with E-state index >= 15 is 0 Å². The molecule has 1 fully saturated rings. The first-order valence-electron chi connectivity index (χ1n) is 6.46. The molecule has 1 aromatic rings. The third kappa shape index (κ3) is 3.66. The van der Waals surface area contributed by atoms with Gasteiger partial charge in [-0.15, -0.1) is 10.2 Å². The van der Waals surface area contributed by atoms with E-state index in [-0.39, 0.29) is 5.75 Å². The summed E-state index contributed by atoms with van der Waals surface area (Å²) in [6.07, 6.45) is 2.23. The molecular formula is C12H19N3O2S2. The number of thioether (sulfide) groups is 2. The maximum atomic E-state index is 10.7. The van der Waals surface area contributed by atoms with Crippen LogP contribution in [0.3, 0.4) is 0 Å². The topological polar surface area (TPSA) is 68.0 Å². The van der Waals surface area contributed by atoms with Crippen molar-refractivity contribution in [1.29, 1.82) is 0 Å². The van der Waals surface area contributed by atoms with Crippen molar-refractivity contribution in [3.63, 3.8) is 0 Å². The highest BCUT2D eigenvalue weighted by atomic mass is 32.2. The van der Waals surface area contributed by atoms with Crippen molar-refractivity contribution in [1.82, 2.24) is 14.8 Å². The lowest BCUT2D eigenvalue weighted by Crippen LogP contribution is -2.19. The lowest BCUT2D eigenvalue weighted by atomic mass is 10.1. The second kappa shape index (κ2) is 6.65. The highest BCUT2D eigenvalue weighted by Gasteiger charge is 2.24. The van der Waals surface area contributed by atoms with Gasteiger partial charge in [-0.05, 0) is 24.3 Å². The standard InChI is InChI=1S/C12H19N3O2S2/c1-8(2)11-13-14-12(19-7-10(16)17)15(11)9-3-5-18-6-4-9/h8-9H,3-7H2,1-2H3,(H,16,17). The summed E-state index contributed by atoms with van der Waals surface area (Å²) in [5.74, 6) is 2.82. The molecule has 1 aliphatic heterocycles. The molecule has 1 aliphatic rings. The molecule has 0 aliphatic carbocycles. The van der Waals surface area contributed by atoms with Crippen LogP contribution in [-0.4, -0.2) is 43.1 Å². The van der Waals surface area contributed by atoms with Crippen molar-refractivity contribution in [2.45, 2.75) is 43.8 Å². The number of hydrogen-bond acceptors (Lipinski definition) is 5. The monoisotopic (exact) mass is 301 g/mol. The Labute approximate surface area is 121 Å². The lowest BCUT2D eigenvalue weighted by molar-refractivity contribution is -0.133. The van der Waals surface area contributed by atoms with E-state index in [1.54, 1.807) is 0 Å². The Kier molecular flexibility index (Phi) is 5.15. The van der Waals surface area contributed by atoms with Crippen LogP contribution in [0.4, 0.5) is 0 Å². The smallest absolute Gasteiger partial charge is 0.313 e. The summed E-state index contributed by atoms with van der Waals surface area (Å²) in [5.41, 5.74) is 0. The van der Waals surface area contributed by atoms with Crippen molar-refractivity contribution in [2.24, 2.45) is 0 Å². The molecule has 0 amide bonds. The van der Waals surface area contributed by atoms with Crippen molar-refractivity contribution >= 4 is 29.5 Å². The van der Waals surface area contributed by atoms with Crippen molar-refractivity contribution in [3.05, 3.63) is 5.82 Å². The molecule has 7 heteroatoms. The molecule has 2 heterocycles. The molecule has 0 aromatic carbocycles. The lowest BCUT2D eigenvalue weighted by Gasteiger charge is -2.26. The summed E-state index contributed by atoms with van der Waals surface area (Å²) in [6, 6.07) is 0.421. The largest absolute Gasteiger partial charge is 0.481 e. The number of carbonyl (C=O) groups is 1. The highest BCUT2D eigenvalue weighted by Crippen LogP contribution is 2.33. The molecule has 5 nitrogen and oxygen atoms in total. The Balaban J connectivity index is 2.24. The summed E-state index contributed by atoms with van der Waals surface area (Å²) in [5, 5.41) is 18.0. The van der Waals surface area contributed by atoms with Gasteiger partial charge in [0.25, 0.3) is 0 Å². The summed E-state index contributed by atoms with van der Waals surface area (Å²) < 4.78 is 2.18. The molecule has 0 spiro atoms. The molecule has 0 unspecified atom stereocenters. The third-order valence-electron chi connectivity index (χ3n) is 3.09. The number of rotatable bonds is 5. The van der Waals surface area contributed by atoms with Crippen LogP contribution in [-0.2, 0) is 4.79 Å². The van der Waals surface area contributed by atoms with Crippen LogP contribution in [0.15, 0.2) is 5.16 Å². The fourth-order valence-corrected chi connectivity index (χ4v) is 4.01. The minimum atomic E-state index is -0.815. The fraction of sp³-hybridized carbons (Fsp3) is 0.750. The summed E-state index contributed by atoms with van der Waals surface area (Å²) >= 11 is 3.25. The van der Waals surface area contributed by atoms with Crippen molar-refractivity contribution in [3.8, 4) is 0 Å². The zero-order chi connectivity index (χ0) is 13.8. The average Bonchev–Trinajstić information content (AvgIpc) is 2.81. The minimum absolute atomic E-state index is 0.0394. The molecule has 1 saturated heterocycles. The van der Waals surface area contributed by atoms with Gasteiger partial charge in [-0.25, -0.2) is 0 Å². The molecule has 1 aromatic heterocycles. The van der Waals surface area contributed by atoms with Crippen LogP contribution in [0, 0.1) is 0 Å². The first kappa shape index (κ1) is 14.7. The molecule has 0 atom stereocenters. The molecule has 0 bridgehead atoms. The van der Waals surface area contributed by atoms with E-state index in [2.05, 4.69) is 28.6 Å². The van der Waals surface area contributed by atoms with Gasteiger partial charge in [0.15, 0.2) is 5.16 Å². The van der Waals surface area contributed by atoms with E-state index in [4.69, 9.17) is 5.11 Å². The number of carboxylic acids is 1. The van der Waals surface area contributed by atoms with Gasteiger partial charge in [-0.2, -0.15) is 11.8 Å². The Morgan fingerprint density at radius 1 is 1.47 bits per heavy atom. The van der Waals surface area contributed by atoms with Gasteiger partial charge < -0.3 is 9.67 Å². The summed E-state index contributed by atoms with van der Waals surface area (Å²) in [7, 11) is 0.